The van der Waals surface area contributed by atoms with Crippen LogP contribution in [-0.4, -0.2) is 23.4 Å². The number of rotatable bonds is 6. The van der Waals surface area contributed by atoms with E-state index in [-0.39, 0.29) is 5.75 Å². The Kier molecular flexibility index (Phi) is 5.67. The number of aryl methyl sites for hydroxylation is 1. The first-order valence-electron chi connectivity index (χ1n) is 8.55. The molecule has 5 nitrogen and oxygen atoms in total. The van der Waals surface area contributed by atoms with Crippen LogP contribution >= 0.6 is 0 Å². The molecule has 0 saturated heterocycles. The zero-order valence-corrected chi connectivity index (χ0v) is 15.3. The van der Waals surface area contributed by atoms with Crippen molar-refractivity contribution in [3.63, 3.8) is 0 Å². The molecule has 0 amide bonds. The monoisotopic (exact) mass is 388 g/mol. The summed E-state index contributed by atoms with van der Waals surface area (Å²) < 4.78 is 41.4. The highest BCUT2D eigenvalue weighted by Crippen LogP contribution is 2.28. The maximum Gasteiger partial charge on any atom is 0.573 e. The molecule has 1 aromatic heterocycles. The van der Waals surface area contributed by atoms with Gasteiger partial charge in [-0.25, -0.2) is 4.98 Å². The fourth-order valence-corrected chi connectivity index (χ4v) is 2.66. The van der Waals surface area contributed by atoms with Crippen LogP contribution in [-0.2, 0) is 6.54 Å². The van der Waals surface area contributed by atoms with Crippen molar-refractivity contribution in [1.82, 2.24) is 9.97 Å². The second-order valence-corrected chi connectivity index (χ2v) is 6.13. The molecule has 0 aliphatic carbocycles. The molecule has 3 rings (SSSR count). The Morgan fingerprint density at radius 1 is 1.00 bits per heavy atom. The first kappa shape index (κ1) is 19.5. The van der Waals surface area contributed by atoms with Gasteiger partial charge in [0.25, 0.3) is 0 Å². The summed E-state index contributed by atoms with van der Waals surface area (Å²) in [5, 5.41) is 6.09. The van der Waals surface area contributed by atoms with E-state index < -0.39 is 6.36 Å². The predicted octanol–water partition coefficient (Wildman–Crippen LogP) is 5.00. The fourth-order valence-electron chi connectivity index (χ4n) is 2.66. The number of alkyl halides is 3. The third kappa shape index (κ3) is 5.35. The number of ether oxygens (including phenoxy) is 1. The summed E-state index contributed by atoms with van der Waals surface area (Å²) in [5.41, 5.74) is 3.20. The van der Waals surface area contributed by atoms with Gasteiger partial charge in [0.2, 0.25) is 5.95 Å². The maximum atomic E-state index is 12.5. The van der Waals surface area contributed by atoms with E-state index in [0.29, 0.717) is 29.6 Å². The molecule has 0 aliphatic heterocycles. The van der Waals surface area contributed by atoms with E-state index in [1.54, 1.807) is 19.2 Å². The number of halogens is 3. The molecule has 146 valence electrons. The van der Waals surface area contributed by atoms with Gasteiger partial charge in [0.1, 0.15) is 11.6 Å². The van der Waals surface area contributed by atoms with Gasteiger partial charge < -0.3 is 15.4 Å². The van der Waals surface area contributed by atoms with Gasteiger partial charge in [-0.15, -0.1) is 13.2 Å². The molecule has 0 aliphatic rings. The molecule has 0 bridgehead atoms. The first-order valence-corrected chi connectivity index (χ1v) is 8.55. The van der Waals surface area contributed by atoms with E-state index in [9.17, 15) is 13.2 Å². The molecule has 2 aromatic carbocycles. The number of hydrogen-bond acceptors (Lipinski definition) is 5. The Balaban J connectivity index is 1.85. The van der Waals surface area contributed by atoms with Crippen LogP contribution in [0, 0.1) is 6.92 Å². The number of nitrogens with one attached hydrogen (secondary N) is 2. The minimum Gasteiger partial charge on any atom is -0.406 e. The quantitative estimate of drug-likeness (QED) is 0.622. The second-order valence-electron chi connectivity index (χ2n) is 6.13. The second kappa shape index (κ2) is 8.16. The van der Waals surface area contributed by atoms with Gasteiger partial charge in [-0.2, -0.15) is 4.98 Å². The zero-order valence-electron chi connectivity index (χ0n) is 15.3. The number of anilines is 2. The average Bonchev–Trinajstić information content (AvgIpc) is 2.65. The van der Waals surface area contributed by atoms with Gasteiger partial charge in [-0.05, 0) is 24.6 Å². The number of aromatic nitrogens is 2. The summed E-state index contributed by atoms with van der Waals surface area (Å²) in [5.74, 6) is 0.605. The molecule has 28 heavy (non-hydrogen) atoms. The van der Waals surface area contributed by atoms with Gasteiger partial charge in [-0.1, -0.05) is 42.0 Å². The van der Waals surface area contributed by atoms with E-state index >= 15 is 0 Å². The molecular weight excluding hydrogens is 369 g/mol. The third-order valence-electron chi connectivity index (χ3n) is 3.87. The molecule has 3 aromatic rings. The van der Waals surface area contributed by atoms with Crippen molar-refractivity contribution in [3.05, 3.63) is 65.7 Å². The van der Waals surface area contributed by atoms with Crippen LogP contribution in [0.3, 0.4) is 0 Å². The zero-order chi connectivity index (χ0) is 20.1. The van der Waals surface area contributed by atoms with Gasteiger partial charge in [0.05, 0.1) is 5.69 Å². The summed E-state index contributed by atoms with van der Waals surface area (Å²) in [4.78, 5) is 8.68. The molecule has 1 heterocycles. The topological polar surface area (TPSA) is 59.1 Å². The van der Waals surface area contributed by atoms with Crippen molar-refractivity contribution in [2.75, 3.05) is 17.7 Å². The summed E-state index contributed by atoms with van der Waals surface area (Å²) in [6.45, 7) is 2.57. The van der Waals surface area contributed by atoms with E-state index in [1.807, 2.05) is 25.1 Å². The van der Waals surface area contributed by atoms with Crippen molar-refractivity contribution in [3.8, 4) is 17.0 Å². The molecule has 0 radical (unpaired) electrons. The molecule has 0 saturated carbocycles. The maximum absolute atomic E-state index is 12.5. The Labute approximate surface area is 160 Å². The molecule has 0 atom stereocenters. The van der Waals surface area contributed by atoms with Crippen molar-refractivity contribution in [1.29, 1.82) is 0 Å². The van der Waals surface area contributed by atoms with Gasteiger partial charge in [0.15, 0.2) is 0 Å². The smallest absolute Gasteiger partial charge is 0.406 e. The summed E-state index contributed by atoms with van der Waals surface area (Å²) in [6.07, 6.45) is -4.75. The number of hydrogen-bond donors (Lipinski definition) is 2. The van der Waals surface area contributed by atoms with E-state index in [2.05, 4.69) is 31.4 Å². The van der Waals surface area contributed by atoms with Crippen LogP contribution in [0.25, 0.3) is 11.3 Å². The Morgan fingerprint density at radius 2 is 1.79 bits per heavy atom. The van der Waals surface area contributed by atoms with Crippen LogP contribution < -0.4 is 15.4 Å². The SMILES string of the molecule is CNc1nc(NCc2cccc(C)c2)cc(-c2cccc(OC(F)(F)F)c2)n1. The Bertz CT molecular complexity index is 960. The molecule has 2 N–H and O–H groups in total. The number of benzene rings is 2. The highest BCUT2D eigenvalue weighted by atomic mass is 19.4. The van der Waals surface area contributed by atoms with Crippen molar-refractivity contribution in [2.45, 2.75) is 19.8 Å². The lowest BCUT2D eigenvalue weighted by atomic mass is 10.1. The van der Waals surface area contributed by atoms with Crippen molar-refractivity contribution in [2.24, 2.45) is 0 Å². The molecule has 0 spiro atoms. The lowest BCUT2D eigenvalue weighted by Gasteiger charge is -2.12. The van der Waals surface area contributed by atoms with Gasteiger partial charge in [-0.3, -0.25) is 0 Å². The van der Waals surface area contributed by atoms with Crippen molar-refractivity contribution < 1.29 is 17.9 Å². The molecular formula is C20H19F3N4O. The van der Waals surface area contributed by atoms with E-state index in [0.717, 1.165) is 11.1 Å². The lowest BCUT2D eigenvalue weighted by Crippen LogP contribution is -2.17. The Hall–Kier alpha value is -3.29. The first-order chi connectivity index (χ1) is 13.3. The minimum atomic E-state index is -4.75. The largest absolute Gasteiger partial charge is 0.573 e. The Morgan fingerprint density at radius 3 is 2.50 bits per heavy atom. The van der Waals surface area contributed by atoms with Crippen LogP contribution in [0.1, 0.15) is 11.1 Å². The molecule has 0 fully saturated rings. The van der Waals surface area contributed by atoms with E-state index in [4.69, 9.17) is 0 Å². The summed E-state index contributed by atoms with van der Waals surface area (Å²) in [6, 6.07) is 15.4. The van der Waals surface area contributed by atoms with Gasteiger partial charge >= 0.3 is 6.36 Å². The summed E-state index contributed by atoms with van der Waals surface area (Å²) in [7, 11) is 1.67. The highest BCUT2D eigenvalue weighted by Gasteiger charge is 2.31. The molecule has 0 unspecified atom stereocenters. The molecule has 8 heteroatoms. The average molecular weight is 388 g/mol. The normalized spacial score (nSPS) is 11.2. The van der Waals surface area contributed by atoms with Crippen LogP contribution in [0.4, 0.5) is 24.9 Å². The fraction of sp³-hybridized carbons (Fsp3) is 0.200. The predicted molar refractivity (Wildman–Crippen MR) is 102 cm³/mol. The highest BCUT2D eigenvalue weighted by molar-refractivity contribution is 5.65. The van der Waals surface area contributed by atoms with Crippen LogP contribution in [0.5, 0.6) is 5.75 Å². The standard InChI is InChI=1S/C20H19F3N4O/c1-13-5-3-6-14(9-13)12-25-18-11-17(26-19(24-2)27-18)15-7-4-8-16(10-15)28-20(21,22)23/h3-11H,12H2,1-2H3,(H2,24,25,26,27). The van der Waals surface area contributed by atoms with Crippen LogP contribution in [0.15, 0.2) is 54.6 Å². The summed E-state index contributed by atoms with van der Waals surface area (Å²) >= 11 is 0. The number of nitrogens with zero attached hydrogens (tertiary/aromatic N) is 2. The van der Waals surface area contributed by atoms with Gasteiger partial charge in [0, 0.05) is 25.2 Å². The van der Waals surface area contributed by atoms with Crippen LogP contribution in [0.2, 0.25) is 0 Å². The minimum absolute atomic E-state index is 0.302. The van der Waals surface area contributed by atoms with Crippen molar-refractivity contribution >= 4 is 11.8 Å². The van der Waals surface area contributed by atoms with E-state index in [1.165, 1.54) is 18.2 Å². The third-order valence-corrected chi connectivity index (χ3v) is 3.87. The lowest BCUT2D eigenvalue weighted by molar-refractivity contribution is -0.274.